The van der Waals surface area contributed by atoms with E-state index in [1.54, 1.807) is 10.9 Å². The lowest BCUT2D eigenvalue weighted by Crippen LogP contribution is -1.99. The van der Waals surface area contributed by atoms with Gasteiger partial charge in [0.25, 0.3) is 0 Å². The van der Waals surface area contributed by atoms with E-state index in [0.29, 0.717) is 0 Å². The molecule has 0 radical (unpaired) electrons. The molecule has 0 spiro atoms. The Balaban J connectivity index is 1.75. The Labute approximate surface area is 128 Å². The maximum absolute atomic E-state index is 13.2. The van der Waals surface area contributed by atoms with E-state index in [1.165, 1.54) is 6.07 Å². The van der Waals surface area contributed by atoms with Crippen LogP contribution in [0.4, 0.5) is 8.78 Å². The van der Waals surface area contributed by atoms with Crippen LogP contribution in [0, 0.1) is 11.6 Å². The molecule has 6 heteroatoms. The molecular weight excluding hydrogens is 306 g/mol. The highest BCUT2D eigenvalue weighted by atomic mass is 32.2. The van der Waals surface area contributed by atoms with Gasteiger partial charge in [0.05, 0.1) is 22.2 Å². The minimum absolute atomic E-state index is 0.241. The van der Waals surface area contributed by atoms with Gasteiger partial charge in [0.1, 0.15) is 0 Å². The van der Waals surface area contributed by atoms with Crippen molar-refractivity contribution >= 4 is 10.8 Å². The quantitative estimate of drug-likeness (QED) is 0.738. The average molecular weight is 318 g/mol. The predicted octanol–water partition coefficient (Wildman–Crippen LogP) is 3.46. The first-order valence-corrected chi connectivity index (χ1v) is 7.88. The van der Waals surface area contributed by atoms with Crippen LogP contribution in [0.25, 0.3) is 5.69 Å². The second-order valence-corrected chi connectivity index (χ2v) is 6.13. The first-order chi connectivity index (χ1) is 10.6. The van der Waals surface area contributed by atoms with Crippen LogP contribution in [-0.4, -0.2) is 14.0 Å². The summed E-state index contributed by atoms with van der Waals surface area (Å²) >= 11 is 0. The van der Waals surface area contributed by atoms with Crippen LogP contribution >= 0.6 is 0 Å². The normalized spacial score (nSPS) is 12.3. The molecule has 0 amide bonds. The van der Waals surface area contributed by atoms with Gasteiger partial charge in [0.2, 0.25) is 0 Å². The van der Waals surface area contributed by atoms with Crippen LogP contribution in [0.1, 0.15) is 5.56 Å². The second kappa shape index (κ2) is 6.19. The lowest BCUT2D eigenvalue weighted by molar-refractivity contribution is 0.505. The number of rotatable bonds is 4. The summed E-state index contributed by atoms with van der Waals surface area (Å²) in [6, 6.07) is 12.5. The summed E-state index contributed by atoms with van der Waals surface area (Å²) in [7, 11) is -1.43. The van der Waals surface area contributed by atoms with Gasteiger partial charge in [-0.25, -0.2) is 13.5 Å². The molecule has 3 nitrogen and oxygen atoms in total. The molecule has 0 unspecified atom stereocenters. The minimum Gasteiger partial charge on any atom is -0.254 e. The van der Waals surface area contributed by atoms with Gasteiger partial charge < -0.3 is 0 Å². The summed E-state index contributed by atoms with van der Waals surface area (Å²) in [6.07, 6.45) is 3.51. The lowest BCUT2D eigenvalue weighted by Gasteiger charge is -2.05. The van der Waals surface area contributed by atoms with Crippen molar-refractivity contribution in [1.82, 2.24) is 9.78 Å². The van der Waals surface area contributed by atoms with Crippen molar-refractivity contribution in [3.8, 4) is 5.69 Å². The fraction of sp³-hybridized carbons (Fsp3) is 0.0625. The van der Waals surface area contributed by atoms with E-state index >= 15 is 0 Å². The highest BCUT2D eigenvalue weighted by molar-refractivity contribution is 7.84. The van der Waals surface area contributed by atoms with E-state index in [0.717, 1.165) is 23.4 Å². The third-order valence-corrected chi connectivity index (χ3v) is 4.53. The monoisotopic (exact) mass is 318 g/mol. The number of hydrogen-bond acceptors (Lipinski definition) is 2. The largest absolute Gasteiger partial charge is 0.254 e. The molecule has 22 heavy (non-hydrogen) atoms. The third kappa shape index (κ3) is 3.12. The Hall–Kier alpha value is -2.34. The molecular formula is C16H12F2N2OS. The molecule has 0 aliphatic rings. The van der Waals surface area contributed by atoms with E-state index in [9.17, 15) is 13.0 Å². The van der Waals surface area contributed by atoms with E-state index in [1.807, 2.05) is 36.5 Å². The van der Waals surface area contributed by atoms with Gasteiger partial charge in [0.15, 0.2) is 11.6 Å². The zero-order chi connectivity index (χ0) is 15.5. The van der Waals surface area contributed by atoms with Crippen molar-refractivity contribution in [3.63, 3.8) is 0 Å². The highest BCUT2D eigenvalue weighted by Gasteiger charge is 2.09. The van der Waals surface area contributed by atoms with Gasteiger partial charge in [0, 0.05) is 17.3 Å². The summed E-state index contributed by atoms with van der Waals surface area (Å²) in [5, 5.41) is 4.12. The number of benzene rings is 2. The Kier molecular flexibility index (Phi) is 4.11. The van der Waals surface area contributed by atoms with Crippen molar-refractivity contribution in [3.05, 3.63) is 78.1 Å². The smallest absolute Gasteiger partial charge is 0.160 e. The molecule has 0 saturated heterocycles. The molecule has 1 atom stereocenters. The second-order valence-electron chi connectivity index (χ2n) is 4.68. The predicted molar refractivity (Wildman–Crippen MR) is 80.0 cm³/mol. The Bertz CT molecular complexity index is 802. The van der Waals surface area contributed by atoms with E-state index < -0.39 is 22.4 Å². The molecule has 3 rings (SSSR count). The molecule has 0 saturated carbocycles. The van der Waals surface area contributed by atoms with E-state index in [4.69, 9.17) is 0 Å². The summed E-state index contributed by atoms with van der Waals surface area (Å²) in [6.45, 7) is 0. The number of aromatic nitrogens is 2. The fourth-order valence-corrected chi connectivity index (χ4v) is 3.14. The minimum atomic E-state index is -1.43. The summed E-state index contributed by atoms with van der Waals surface area (Å²) in [5.41, 5.74) is 1.74. The summed E-state index contributed by atoms with van der Waals surface area (Å²) in [4.78, 5) is 0.273. The summed E-state index contributed by atoms with van der Waals surface area (Å²) in [5.74, 6) is -1.69. The molecule has 0 bridgehead atoms. The van der Waals surface area contributed by atoms with E-state index in [2.05, 4.69) is 5.10 Å². The van der Waals surface area contributed by atoms with Crippen molar-refractivity contribution in [2.45, 2.75) is 10.6 Å². The van der Waals surface area contributed by atoms with Gasteiger partial charge in [-0.1, -0.05) is 12.1 Å². The number of nitrogens with zero attached hydrogens (tertiary/aromatic N) is 2. The zero-order valence-corrected chi connectivity index (χ0v) is 12.3. The van der Waals surface area contributed by atoms with Crippen LogP contribution in [0.2, 0.25) is 0 Å². The Morgan fingerprint density at radius 2 is 1.82 bits per heavy atom. The van der Waals surface area contributed by atoms with Crippen LogP contribution < -0.4 is 0 Å². The fourth-order valence-electron chi connectivity index (χ4n) is 2.02. The molecule has 3 aromatic rings. The van der Waals surface area contributed by atoms with Gasteiger partial charge in [-0.15, -0.1) is 0 Å². The van der Waals surface area contributed by atoms with Gasteiger partial charge in [-0.2, -0.15) is 5.10 Å². The first-order valence-electron chi connectivity index (χ1n) is 6.56. The van der Waals surface area contributed by atoms with Crippen LogP contribution in [0.5, 0.6) is 0 Å². The SMILES string of the molecule is O=[S@](Cc1ccc(-n2cccn2)cc1)c1ccc(F)c(F)c1. The van der Waals surface area contributed by atoms with Crippen LogP contribution in [0.3, 0.4) is 0 Å². The third-order valence-electron chi connectivity index (χ3n) is 3.16. The molecule has 1 aromatic heterocycles. The van der Waals surface area contributed by atoms with Crippen molar-refractivity contribution in [1.29, 1.82) is 0 Å². The van der Waals surface area contributed by atoms with Crippen molar-refractivity contribution < 1.29 is 13.0 Å². The van der Waals surface area contributed by atoms with Crippen molar-refractivity contribution in [2.24, 2.45) is 0 Å². The topological polar surface area (TPSA) is 34.9 Å². The standard InChI is InChI=1S/C16H12F2N2OS/c17-15-7-6-14(10-16(15)18)22(21)11-12-2-4-13(5-3-12)20-9-1-8-19-20/h1-10H,11H2/t22-/m1/s1. The molecule has 0 aliphatic carbocycles. The molecule has 1 heterocycles. The maximum atomic E-state index is 13.2. The lowest BCUT2D eigenvalue weighted by atomic mass is 10.2. The van der Waals surface area contributed by atoms with Crippen LogP contribution in [0.15, 0.2) is 65.8 Å². The molecule has 0 fully saturated rings. The van der Waals surface area contributed by atoms with Crippen LogP contribution in [-0.2, 0) is 16.6 Å². The molecule has 2 aromatic carbocycles. The van der Waals surface area contributed by atoms with Gasteiger partial charge >= 0.3 is 0 Å². The summed E-state index contributed by atoms with van der Waals surface area (Å²) < 4.78 is 40.0. The average Bonchev–Trinajstić information content (AvgIpc) is 3.05. The Morgan fingerprint density at radius 3 is 2.45 bits per heavy atom. The zero-order valence-electron chi connectivity index (χ0n) is 11.4. The number of hydrogen-bond donors (Lipinski definition) is 0. The van der Waals surface area contributed by atoms with Gasteiger partial charge in [-0.05, 0) is 42.0 Å². The molecule has 112 valence electrons. The highest BCUT2D eigenvalue weighted by Crippen LogP contribution is 2.17. The maximum Gasteiger partial charge on any atom is 0.160 e. The number of halogens is 2. The molecule has 0 aliphatic heterocycles. The Morgan fingerprint density at radius 1 is 1.05 bits per heavy atom. The van der Waals surface area contributed by atoms with E-state index in [-0.39, 0.29) is 10.6 Å². The molecule has 0 N–H and O–H groups in total. The first kappa shape index (κ1) is 14.6. The van der Waals surface area contributed by atoms with Gasteiger partial charge in [-0.3, -0.25) is 4.21 Å². The van der Waals surface area contributed by atoms with Crippen molar-refractivity contribution in [2.75, 3.05) is 0 Å².